The molecule has 0 unspecified atom stereocenters. The summed E-state index contributed by atoms with van der Waals surface area (Å²) >= 11 is 1.85. The molecular weight excluding hydrogens is 388 g/mol. The Balaban J connectivity index is 1.41. The van der Waals surface area contributed by atoms with Crippen molar-refractivity contribution in [3.05, 3.63) is 39.7 Å². The van der Waals surface area contributed by atoms with Crippen molar-refractivity contribution in [3.8, 4) is 11.3 Å². The Kier molecular flexibility index (Phi) is 6.39. The molecule has 1 N–H and O–H groups in total. The van der Waals surface area contributed by atoms with Crippen LogP contribution in [0.1, 0.15) is 88.3 Å². The molecule has 1 fully saturated rings. The molecule has 0 spiro atoms. The van der Waals surface area contributed by atoms with Gasteiger partial charge in [0.2, 0.25) is 0 Å². The van der Waals surface area contributed by atoms with E-state index in [1.165, 1.54) is 67.0 Å². The second-order valence-electron chi connectivity index (χ2n) is 10.7. The second kappa shape index (κ2) is 8.72. The Morgan fingerprint density at radius 2 is 1.77 bits per heavy atom. The maximum absolute atomic E-state index is 8.92. The molecule has 3 nitrogen and oxygen atoms in total. The van der Waals surface area contributed by atoms with Crippen molar-refractivity contribution in [3.63, 3.8) is 0 Å². The van der Waals surface area contributed by atoms with E-state index in [9.17, 15) is 0 Å². The molecule has 1 aliphatic carbocycles. The van der Waals surface area contributed by atoms with E-state index >= 15 is 0 Å². The van der Waals surface area contributed by atoms with Crippen molar-refractivity contribution in [1.82, 2.24) is 9.88 Å². The molecule has 2 aromatic rings. The van der Waals surface area contributed by atoms with E-state index in [1.54, 1.807) is 0 Å². The molecule has 1 aromatic heterocycles. The third kappa shape index (κ3) is 4.51. The fourth-order valence-electron chi connectivity index (χ4n) is 5.78. The highest BCUT2D eigenvalue weighted by atomic mass is 32.1. The van der Waals surface area contributed by atoms with E-state index in [2.05, 4.69) is 56.2 Å². The number of thiazole rings is 1. The first-order chi connectivity index (χ1) is 14.3. The number of nitrogens with zero attached hydrogens (tertiary/aromatic N) is 2. The van der Waals surface area contributed by atoms with Crippen molar-refractivity contribution >= 4 is 11.3 Å². The van der Waals surface area contributed by atoms with E-state index in [1.807, 2.05) is 11.3 Å². The van der Waals surface area contributed by atoms with Gasteiger partial charge >= 0.3 is 0 Å². The molecule has 1 aliphatic heterocycles. The number of fused-ring (bicyclic) bond motifs is 1. The number of benzene rings is 1. The molecule has 30 heavy (non-hydrogen) atoms. The van der Waals surface area contributed by atoms with Gasteiger partial charge < -0.3 is 10.0 Å². The third-order valence-corrected chi connectivity index (χ3v) is 8.26. The van der Waals surface area contributed by atoms with Gasteiger partial charge in [0.1, 0.15) is 0 Å². The number of aliphatic hydroxyl groups excluding tert-OH is 1. The molecule has 0 amide bonds. The summed E-state index contributed by atoms with van der Waals surface area (Å²) in [5.41, 5.74) is 5.95. The number of piperidine rings is 1. The summed E-state index contributed by atoms with van der Waals surface area (Å²) in [7, 11) is 0. The van der Waals surface area contributed by atoms with E-state index in [0.717, 1.165) is 18.5 Å². The van der Waals surface area contributed by atoms with Crippen LogP contribution < -0.4 is 0 Å². The minimum Gasteiger partial charge on any atom is -0.396 e. The number of rotatable bonds is 7. The lowest BCUT2D eigenvalue weighted by Gasteiger charge is -2.31. The van der Waals surface area contributed by atoms with Gasteiger partial charge in [0.15, 0.2) is 0 Å². The Bertz CT molecular complexity index is 862. The predicted molar refractivity (Wildman–Crippen MR) is 128 cm³/mol. The van der Waals surface area contributed by atoms with Gasteiger partial charge in [-0.2, -0.15) is 0 Å². The van der Waals surface area contributed by atoms with Crippen LogP contribution in [0.4, 0.5) is 0 Å². The summed E-state index contributed by atoms with van der Waals surface area (Å²) in [5.74, 6) is 0.613. The van der Waals surface area contributed by atoms with Crippen LogP contribution in [-0.4, -0.2) is 41.2 Å². The molecule has 1 aromatic carbocycles. The molecule has 4 heteroatoms. The summed E-state index contributed by atoms with van der Waals surface area (Å²) in [6, 6.07) is 7.06. The van der Waals surface area contributed by atoms with Crippen LogP contribution in [-0.2, 0) is 10.8 Å². The smallest absolute Gasteiger partial charge is 0.0964 e. The largest absolute Gasteiger partial charge is 0.396 e. The van der Waals surface area contributed by atoms with E-state index in [4.69, 9.17) is 10.1 Å². The van der Waals surface area contributed by atoms with Crippen LogP contribution in [0.25, 0.3) is 11.3 Å². The van der Waals surface area contributed by atoms with E-state index in [-0.39, 0.29) is 10.8 Å². The summed E-state index contributed by atoms with van der Waals surface area (Å²) in [6.45, 7) is 13.4. The fraction of sp³-hybridized carbons (Fsp3) is 0.654. The van der Waals surface area contributed by atoms with Crippen LogP contribution >= 0.6 is 11.3 Å². The van der Waals surface area contributed by atoms with Crippen molar-refractivity contribution in [2.24, 2.45) is 0 Å². The molecule has 0 radical (unpaired) electrons. The lowest BCUT2D eigenvalue weighted by molar-refractivity contribution is 0.205. The predicted octanol–water partition coefficient (Wildman–Crippen LogP) is 6.11. The minimum atomic E-state index is 0.234. The second-order valence-corrected chi connectivity index (χ2v) is 11.6. The zero-order valence-corrected chi connectivity index (χ0v) is 20.0. The Morgan fingerprint density at radius 1 is 1.03 bits per heavy atom. The molecule has 1 saturated heterocycles. The van der Waals surface area contributed by atoms with E-state index < -0.39 is 0 Å². The van der Waals surface area contributed by atoms with Crippen LogP contribution in [0.5, 0.6) is 0 Å². The highest BCUT2D eigenvalue weighted by Gasteiger charge is 2.41. The Morgan fingerprint density at radius 3 is 2.50 bits per heavy atom. The highest BCUT2D eigenvalue weighted by Crippen LogP contribution is 2.50. The van der Waals surface area contributed by atoms with Gasteiger partial charge in [0.05, 0.1) is 10.7 Å². The van der Waals surface area contributed by atoms with Gasteiger partial charge in [0.25, 0.3) is 0 Å². The van der Waals surface area contributed by atoms with Crippen molar-refractivity contribution in [1.29, 1.82) is 0 Å². The topological polar surface area (TPSA) is 36.4 Å². The molecular formula is C26H38N2OS. The summed E-state index contributed by atoms with van der Waals surface area (Å²) in [6.07, 6.45) is 6.94. The first kappa shape index (κ1) is 22.0. The number of likely N-dealkylation sites (tertiary alicyclic amines) is 1. The lowest BCUT2D eigenvalue weighted by atomic mass is 9.82. The maximum atomic E-state index is 8.92. The van der Waals surface area contributed by atoms with Crippen LogP contribution in [0.15, 0.2) is 23.6 Å². The average Bonchev–Trinajstić information content (AvgIpc) is 3.27. The Labute approximate surface area is 186 Å². The van der Waals surface area contributed by atoms with Crippen LogP contribution in [0.2, 0.25) is 0 Å². The first-order valence-electron chi connectivity index (χ1n) is 11.7. The van der Waals surface area contributed by atoms with Gasteiger partial charge in [-0.25, -0.2) is 4.98 Å². The van der Waals surface area contributed by atoms with Gasteiger partial charge in [-0.15, -0.1) is 11.3 Å². The molecule has 0 bridgehead atoms. The SMILES string of the molecule is CC1(C)CC(C)(C)c2cc(-c3csc(C4CCN(CCCCCO)CC4)n3)ccc21. The monoisotopic (exact) mass is 426 g/mol. The van der Waals surface area contributed by atoms with Gasteiger partial charge in [-0.05, 0) is 86.2 Å². The standard InChI is InChI=1S/C26H38N2OS/c1-25(2)18-26(3,4)22-16-20(8-9-21(22)25)23-17-30-24(27-23)19-10-13-28(14-11-19)12-6-5-7-15-29/h8-9,16-17,19,29H,5-7,10-15,18H2,1-4H3. The van der Waals surface area contributed by atoms with E-state index in [0.29, 0.717) is 12.5 Å². The quantitative estimate of drug-likeness (QED) is 0.543. The zero-order valence-electron chi connectivity index (χ0n) is 19.2. The number of unbranched alkanes of at least 4 members (excludes halogenated alkanes) is 2. The van der Waals surface area contributed by atoms with Crippen molar-refractivity contribution in [2.45, 2.75) is 83.0 Å². The summed E-state index contributed by atoms with van der Waals surface area (Å²) < 4.78 is 0. The fourth-order valence-corrected chi connectivity index (χ4v) is 6.78. The number of hydrogen-bond acceptors (Lipinski definition) is 4. The maximum Gasteiger partial charge on any atom is 0.0964 e. The summed E-state index contributed by atoms with van der Waals surface area (Å²) in [5, 5.41) is 12.5. The molecule has 0 saturated carbocycles. The third-order valence-electron chi connectivity index (χ3n) is 7.25. The number of hydrogen-bond donors (Lipinski definition) is 1. The average molecular weight is 427 g/mol. The minimum absolute atomic E-state index is 0.234. The normalized spacial score (nSPS) is 21.1. The van der Waals surface area contributed by atoms with Crippen LogP contribution in [0, 0.1) is 0 Å². The van der Waals surface area contributed by atoms with Gasteiger partial charge in [-0.1, -0.05) is 39.8 Å². The molecule has 164 valence electrons. The summed E-state index contributed by atoms with van der Waals surface area (Å²) in [4.78, 5) is 7.69. The highest BCUT2D eigenvalue weighted by molar-refractivity contribution is 7.10. The first-order valence-corrected chi connectivity index (χ1v) is 12.6. The van der Waals surface area contributed by atoms with Crippen LogP contribution in [0.3, 0.4) is 0 Å². The molecule has 2 heterocycles. The molecule has 2 aliphatic rings. The number of aliphatic hydroxyl groups is 1. The van der Waals surface area contributed by atoms with Crippen molar-refractivity contribution in [2.75, 3.05) is 26.2 Å². The number of aromatic nitrogens is 1. The van der Waals surface area contributed by atoms with Crippen molar-refractivity contribution < 1.29 is 5.11 Å². The lowest BCUT2D eigenvalue weighted by Crippen LogP contribution is -2.33. The molecule has 0 atom stereocenters. The van der Waals surface area contributed by atoms with Gasteiger partial charge in [-0.3, -0.25) is 0 Å². The Hall–Kier alpha value is -1.23. The molecule has 4 rings (SSSR count). The van der Waals surface area contributed by atoms with Gasteiger partial charge in [0, 0.05) is 23.5 Å². The zero-order chi connectivity index (χ0) is 21.4.